The fourth-order valence-corrected chi connectivity index (χ4v) is 4.74. The summed E-state index contributed by atoms with van der Waals surface area (Å²) in [7, 11) is 0. The third kappa shape index (κ3) is 2.55. The van der Waals surface area contributed by atoms with E-state index in [1.54, 1.807) is 0 Å². The Kier molecular flexibility index (Phi) is 3.85. The molecule has 3 nitrogen and oxygen atoms in total. The molecule has 5 atom stereocenters. The normalized spacial score (nSPS) is 43.1. The van der Waals surface area contributed by atoms with E-state index in [4.69, 9.17) is 0 Å². The molecule has 1 saturated carbocycles. The number of fused-ring (bicyclic) bond motifs is 2. The second-order valence-electron chi connectivity index (χ2n) is 6.12. The van der Waals surface area contributed by atoms with Gasteiger partial charge in [0.2, 0.25) is 5.91 Å². The van der Waals surface area contributed by atoms with Gasteiger partial charge in [0.05, 0.1) is 5.92 Å². The number of rotatable bonds is 3. The first-order valence-electron chi connectivity index (χ1n) is 7.35. The molecule has 0 aromatic rings. The number of hydrogen-bond donors (Lipinski definition) is 2. The summed E-state index contributed by atoms with van der Waals surface area (Å²) in [4.78, 5) is 12.3. The zero-order chi connectivity index (χ0) is 12.5. The predicted octanol–water partition coefficient (Wildman–Crippen LogP) is 1.92. The summed E-state index contributed by atoms with van der Waals surface area (Å²) in [6.45, 7) is 0. The Balaban J connectivity index is 1.51. The Hall–Kier alpha value is -0.220. The number of hydrogen-bond acceptors (Lipinski definition) is 3. The lowest BCUT2D eigenvalue weighted by atomic mass is 9.87. The van der Waals surface area contributed by atoms with Gasteiger partial charge < -0.3 is 10.6 Å². The minimum Gasteiger partial charge on any atom is -0.353 e. The summed E-state index contributed by atoms with van der Waals surface area (Å²) >= 11 is 1.96. The summed E-state index contributed by atoms with van der Waals surface area (Å²) in [5.41, 5.74) is 0. The molecule has 0 spiro atoms. The molecule has 3 aliphatic rings. The zero-order valence-corrected chi connectivity index (χ0v) is 12.0. The number of amides is 1. The molecule has 2 saturated heterocycles. The fraction of sp³-hybridized carbons (Fsp3) is 0.929. The van der Waals surface area contributed by atoms with Crippen LogP contribution in [-0.4, -0.2) is 35.5 Å². The summed E-state index contributed by atoms with van der Waals surface area (Å²) in [5.74, 6) is 0.569. The van der Waals surface area contributed by atoms with Crippen LogP contribution in [0.2, 0.25) is 0 Å². The van der Waals surface area contributed by atoms with E-state index >= 15 is 0 Å². The smallest absolute Gasteiger partial charge is 0.224 e. The Morgan fingerprint density at radius 2 is 2.11 bits per heavy atom. The summed E-state index contributed by atoms with van der Waals surface area (Å²) in [5, 5.41) is 7.62. The standard InChI is InChI=1S/C14H24N2OS/c1-18-11-4-2-3-9(7-11)16-14(17)12-8-10-5-6-13(12)15-10/h9-13,15H,2-8H2,1H3,(H,16,17). The molecule has 0 radical (unpaired) electrons. The minimum atomic E-state index is 0.249. The van der Waals surface area contributed by atoms with Crippen LogP contribution in [0, 0.1) is 5.92 Å². The van der Waals surface area contributed by atoms with E-state index in [0.717, 1.165) is 11.7 Å². The van der Waals surface area contributed by atoms with Crippen LogP contribution in [0.15, 0.2) is 0 Å². The van der Waals surface area contributed by atoms with Gasteiger partial charge in [-0.2, -0.15) is 11.8 Å². The highest BCUT2D eigenvalue weighted by Crippen LogP contribution is 2.34. The van der Waals surface area contributed by atoms with Gasteiger partial charge in [0.1, 0.15) is 0 Å². The average Bonchev–Trinajstić information content (AvgIpc) is 3.01. The molecule has 1 aliphatic carbocycles. The lowest BCUT2D eigenvalue weighted by Gasteiger charge is -2.30. The van der Waals surface area contributed by atoms with Gasteiger partial charge in [-0.25, -0.2) is 0 Å². The first-order chi connectivity index (χ1) is 8.76. The van der Waals surface area contributed by atoms with Crippen LogP contribution in [0.25, 0.3) is 0 Å². The molecule has 102 valence electrons. The molecule has 5 unspecified atom stereocenters. The molecule has 4 heteroatoms. The van der Waals surface area contributed by atoms with Crippen molar-refractivity contribution < 1.29 is 4.79 Å². The van der Waals surface area contributed by atoms with Gasteiger partial charge in [-0.15, -0.1) is 0 Å². The fourth-order valence-electron chi connectivity index (χ4n) is 3.91. The monoisotopic (exact) mass is 268 g/mol. The highest BCUT2D eigenvalue weighted by atomic mass is 32.2. The highest BCUT2D eigenvalue weighted by molar-refractivity contribution is 7.99. The maximum Gasteiger partial charge on any atom is 0.224 e. The summed E-state index contributed by atoms with van der Waals surface area (Å²) in [6.07, 6.45) is 10.7. The Bertz CT molecular complexity index is 323. The molecule has 3 fully saturated rings. The summed E-state index contributed by atoms with van der Waals surface area (Å²) in [6, 6.07) is 1.52. The van der Waals surface area contributed by atoms with Gasteiger partial charge in [0.25, 0.3) is 0 Å². The van der Waals surface area contributed by atoms with Crippen LogP contribution in [-0.2, 0) is 4.79 Å². The Morgan fingerprint density at radius 3 is 2.78 bits per heavy atom. The van der Waals surface area contributed by atoms with Crippen molar-refractivity contribution in [3.8, 4) is 0 Å². The molecule has 0 aromatic heterocycles. The molecular weight excluding hydrogens is 244 g/mol. The molecule has 2 heterocycles. The van der Waals surface area contributed by atoms with Crippen molar-refractivity contribution in [1.29, 1.82) is 0 Å². The van der Waals surface area contributed by atoms with Crippen molar-refractivity contribution in [2.24, 2.45) is 5.92 Å². The van der Waals surface area contributed by atoms with Crippen LogP contribution in [0.4, 0.5) is 0 Å². The van der Waals surface area contributed by atoms with Crippen LogP contribution in [0.5, 0.6) is 0 Å². The number of nitrogens with one attached hydrogen (secondary N) is 2. The molecule has 3 rings (SSSR count). The van der Waals surface area contributed by atoms with Crippen LogP contribution >= 0.6 is 11.8 Å². The number of thioether (sulfide) groups is 1. The Labute approximate surface area is 114 Å². The van der Waals surface area contributed by atoms with Gasteiger partial charge in [-0.05, 0) is 44.8 Å². The van der Waals surface area contributed by atoms with Crippen LogP contribution in [0.1, 0.15) is 44.9 Å². The van der Waals surface area contributed by atoms with Gasteiger partial charge in [-0.1, -0.05) is 6.42 Å². The SMILES string of the molecule is CSC1CCCC(NC(=O)C2CC3CCC2N3)C1. The second kappa shape index (κ2) is 5.41. The van der Waals surface area contributed by atoms with Gasteiger partial charge in [0, 0.05) is 23.4 Å². The van der Waals surface area contributed by atoms with Crippen molar-refractivity contribution in [3.63, 3.8) is 0 Å². The third-order valence-electron chi connectivity index (χ3n) is 4.94. The topological polar surface area (TPSA) is 41.1 Å². The maximum absolute atomic E-state index is 12.3. The molecule has 2 bridgehead atoms. The van der Waals surface area contributed by atoms with Gasteiger partial charge >= 0.3 is 0 Å². The molecule has 2 N–H and O–H groups in total. The van der Waals surface area contributed by atoms with Crippen molar-refractivity contribution in [3.05, 3.63) is 0 Å². The highest BCUT2D eigenvalue weighted by Gasteiger charge is 2.43. The average molecular weight is 268 g/mol. The lowest BCUT2D eigenvalue weighted by molar-refractivity contribution is -0.126. The molecular formula is C14H24N2OS. The van der Waals surface area contributed by atoms with Gasteiger partial charge in [0.15, 0.2) is 0 Å². The largest absolute Gasteiger partial charge is 0.353 e. The van der Waals surface area contributed by atoms with Crippen molar-refractivity contribution in [1.82, 2.24) is 10.6 Å². The van der Waals surface area contributed by atoms with E-state index in [-0.39, 0.29) is 5.92 Å². The van der Waals surface area contributed by atoms with Crippen molar-refractivity contribution in [2.45, 2.75) is 68.3 Å². The molecule has 0 aromatic carbocycles. The van der Waals surface area contributed by atoms with E-state index in [2.05, 4.69) is 16.9 Å². The maximum atomic E-state index is 12.3. The lowest BCUT2D eigenvalue weighted by Crippen LogP contribution is -2.44. The van der Waals surface area contributed by atoms with Crippen molar-refractivity contribution >= 4 is 17.7 Å². The third-order valence-corrected chi connectivity index (χ3v) is 6.04. The van der Waals surface area contributed by atoms with Crippen LogP contribution < -0.4 is 10.6 Å². The van der Waals surface area contributed by atoms with E-state index < -0.39 is 0 Å². The van der Waals surface area contributed by atoms with Crippen LogP contribution in [0.3, 0.4) is 0 Å². The van der Waals surface area contributed by atoms with E-state index in [9.17, 15) is 4.79 Å². The van der Waals surface area contributed by atoms with E-state index in [1.165, 1.54) is 38.5 Å². The second-order valence-corrected chi connectivity index (χ2v) is 7.26. The first-order valence-corrected chi connectivity index (χ1v) is 8.64. The van der Waals surface area contributed by atoms with Crippen molar-refractivity contribution in [2.75, 3.05) is 6.26 Å². The first kappa shape index (κ1) is 12.8. The zero-order valence-electron chi connectivity index (χ0n) is 11.2. The number of carbonyl (C=O) groups is 1. The molecule has 18 heavy (non-hydrogen) atoms. The van der Waals surface area contributed by atoms with Gasteiger partial charge in [-0.3, -0.25) is 4.79 Å². The minimum absolute atomic E-state index is 0.249. The molecule has 1 amide bonds. The quantitative estimate of drug-likeness (QED) is 0.821. The molecule has 2 aliphatic heterocycles. The number of carbonyl (C=O) groups excluding carboxylic acids is 1. The summed E-state index contributed by atoms with van der Waals surface area (Å²) < 4.78 is 0. The Morgan fingerprint density at radius 1 is 1.22 bits per heavy atom. The van der Waals surface area contributed by atoms with E-state index in [0.29, 0.717) is 24.0 Å². The predicted molar refractivity (Wildman–Crippen MR) is 75.8 cm³/mol. The van der Waals surface area contributed by atoms with E-state index in [1.807, 2.05) is 11.8 Å².